The van der Waals surface area contributed by atoms with Crippen molar-refractivity contribution in [2.75, 3.05) is 33.8 Å². The first-order valence-electron chi connectivity index (χ1n) is 8.79. The van der Waals surface area contributed by atoms with Crippen LogP contribution >= 0.6 is 11.3 Å². The number of carbonyl (C=O) groups excluding carboxylic acids is 1. The highest BCUT2D eigenvalue weighted by Crippen LogP contribution is 2.47. The SMILES string of the molecule is C[C@H]1C[C@@]2(CCN1CC(=O)N(C)C)OCCc1cc(CC(F)F)sc12. The van der Waals surface area contributed by atoms with Crippen molar-refractivity contribution in [1.82, 2.24) is 9.80 Å². The Hall–Kier alpha value is -1.05. The van der Waals surface area contributed by atoms with Gasteiger partial charge in [-0.05, 0) is 37.8 Å². The molecule has 0 bridgehead atoms. The molecule has 1 amide bonds. The van der Waals surface area contributed by atoms with Crippen molar-refractivity contribution in [2.24, 2.45) is 0 Å². The van der Waals surface area contributed by atoms with Gasteiger partial charge in [-0.25, -0.2) is 8.78 Å². The summed E-state index contributed by atoms with van der Waals surface area (Å²) < 4.78 is 31.7. The number of carbonyl (C=O) groups is 1. The van der Waals surface area contributed by atoms with Crippen molar-refractivity contribution in [3.8, 4) is 0 Å². The van der Waals surface area contributed by atoms with Gasteiger partial charge in [-0.1, -0.05) is 0 Å². The summed E-state index contributed by atoms with van der Waals surface area (Å²) in [5.74, 6) is 0.100. The lowest BCUT2D eigenvalue weighted by molar-refractivity contribution is -0.136. The second kappa shape index (κ2) is 7.29. The molecule has 7 heteroatoms. The van der Waals surface area contributed by atoms with Gasteiger partial charge in [0, 0.05) is 42.9 Å². The number of nitrogens with zero attached hydrogens (tertiary/aromatic N) is 2. The van der Waals surface area contributed by atoms with Gasteiger partial charge in [-0.2, -0.15) is 0 Å². The largest absolute Gasteiger partial charge is 0.369 e. The van der Waals surface area contributed by atoms with Crippen molar-refractivity contribution in [2.45, 2.75) is 50.7 Å². The summed E-state index contributed by atoms with van der Waals surface area (Å²) in [4.78, 5) is 17.7. The molecule has 1 fully saturated rings. The van der Waals surface area contributed by atoms with Crippen LogP contribution in [0, 0.1) is 0 Å². The highest BCUT2D eigenvalue weighted by Gasteiger charge is 2.45. The molecule has 1 spiro atoms. The highest BCUT2D eigenvalue weighted by atomic mass is 32.1. The van der Waals surface area contributed by atoms with Gasteiger partial charge in [0.15, 0.2) is 0 Å². The Morgan fingerprint density at radius 3 is 2.92 bits per heavy atom. The van der Waals surface area contributed by atoms with E-state index in [0.29, 0.717) is 13.2 Å². The van der Waals surface area contributed by atoms with Gasteiger partial charge >= 0.3 is 0 Å². The molecule has 25 heavy (non-hydrogen) atoms. The number of thiophene rings is 1. The molecule has 2 atom stereocenters. The summed E-state index contributed by atoms with van der Waals surface area (Å²) >= 11 is 1.49. The molecule has 0 aromatic carbocycles. The molecule has 0 radical (unpaired) electrons. The monoisotopic (exact) mass is 372 g/mol. The molecule has 3 heterocycles. The van der Waals surface area contributed by atoms with Crippen LogP contribution in [0.3, 0.4) is 0 Å². The first-order valence-corrected chi connectivity index (χ1v) is 9.61. The number of hydrogen-bond donors (Lipinski definition) is 0. The second-order valence-corrected chi connectivity index (χ2v) is 8.45. The zero-order valence-electron chi connectivity index (χ0n) is 15.1. The molecule has 2 aliphatic heterocycles. The fourth-order valence-electron chi connectivity index (χ4n) is 3.87. The highest BCUT2D eigenvalue weighted by molar-refractivity contribution is 7.12. The third-order valence-corrected chi connectivity index (χ3v) is 6.65. The Morgan fingerprint density at radius 1 is 1.52 bits per heavy atom. The van der Waals surface area contributed by atoms with Crippen LogP contribution in [-0.2, 0) is 28.0 Å². The van der Waals surface area contributed by atoms with E-state index in [0.717, 1.165) is 35.6 Å². The van der Waals surface area contributed by atoms with Gasteiger partial charge in [-0.15, -0.1) is 11.3 Å². The average molecular weight is 372 g/mol. The van der Waals surface area contributed by atoms with E-state index >= 15 is 0 Å². The minimum Gasteiger partial charge on any atom is -0.369 e. The molecule has 0 aliphatic carbocycles. The van der Waals surface area contributed by atoms with Crippen molar-refractivity contribution in [3.63, 3.8) is 0 Å². The summed E-state index contributed by atoms with van der Waals surface area (Å²) in [6, 6.07) is 2.16. The predicted octanol–water partition coefficient (Wildman–Crippen LogP) is 2.90. The molecule has 2 aliphatic rings. The summed E-state index contributed by atoms with van der Waals surface area (Å²) in [7, 11) is 3.54. The second-order valence-electron chi connectivity index (χ2n) is 7.32. The quantitative estimate of drug-likeness (QED) is 0.815. The topological polar surface area (TPSA) is 32.8 Å². The fraction of sp³-hybridized carbons (Fsp3) is 0.722. The lowest BCUT2D eigenvalue weighted by Gasteiger charge is -2.47. The number of alkyl halides is 2. The van der Waals surface area contributed by atoms with Gasteiger partial charge < -0.3 is 9.64 Å². The van der Waals surface area contributed by atoms with E-state index in [2.05, 4.69) is 11.8 Å². The van der Waals surface area contributed by atoms with Crippen LogP contribution in [0.1, 0.15) is 35.1 Å². The number of halogens is 2. The minimum absolute atomic E-state index is 0.100. The van der Waals surface area contributed by atoms with E-state index in [-0.39, 0.29) is 24.0 Å². The number of ether oxygens (including phenoxy) is 1. The number of hydrogen-bond acceptors (Lipinski definition) is 4. The van der Waals surface area contributed by atoms with E-state index in [1.54, 1.807) is 19.0 Å². The molecule has 0 saturated carbocycles. The van der Waals surface area contributed by atoms with E-state index in [1.807, 2.05) is 6.07 Å². The van der Waals surface area contributed by atoms with Crippen LogP contribution < -0.4 is 0 Å². The predicted molar refractivity (Wildman–Crippen MR) is 94.3 cm³/mol. The molecule has 1 saturated heterocycles. The molecular formula is C18H26F2N2O2S. The standard InChI is InChI=1S/C18H26F2N2O2S/c1-12-10-18(5-6-22(12)11-16(23)21(2)3)17-13(4-7-24-18)8-14(25-17)9-15(19)20/h8,12,15H,4-7,9-11H2,1-3H3/t12-,18+/m0/s1. The van der Waals surface area contributed by atoms with E-state index < -0.39 is 6.43 Å². The number of piperidine rings is 1. The van der Waals surface area contributed by atoms with E-state index in [4.69, 9.17) is 4.74 Å². The van der Waals surface area contributed by atoms with Gasteiger partial charge in [0.25, 0.3) is 0 Å². The van der Waals surface area contributed by atoms with Crippen LogP contribution in [0.5, 0.6) is 0 Å². The molecule has 0 N–H and O–H groups in total. The average Bonchev–Trinajstić information content (AvgIpc) is 2.93. The maximum atomic E-state index is 12.8. The number of fused-ring (bicyclic) bond motifs is 2. The van der Waals surface area contributed by atoms with Crippen molar-refractivity contribution in [1.29, 1.82) is 0 Å². The van der Waals surface area contributed by atoms with Crippen LogP contribution in [0.15, 0.2) is 6.07 Å². The summed E-state index contributed by atoms with van der Waals surface area (Å²) in [6.45, 7) is 3.96. The molecule has 3 rings (SSSR count). The van der Waals surface area contributed by atoms with Crippen molar-refractivity contribution >= 4 is 17.2 Å². The molecule has 0 unspecified atom stereocenters. The number of rotatable bonds is 4. The van der Waals surface area contributed by atoms with Gasteiger partial charge in [0.1, 0.15) is 5.60 Å². The third kappa shape index (κ3) is 3.88. The summed E-state index contributed by atoms with van der Waals surface area (Å²) in [6.07, 6.45) is -0.0784. The van der Waals surface area contributed by atoms with Gasteiger partial charge in [-0.3, -0.25) is 9.69 Å². The first-order chi connectivity index (χ1) is 11.8. The first kappa shape index (κ1) is 18.7. The van der Waals surface area contributed by atoms with Crippen LogP contribution in [0.2, 0.25) is 0 Å². The van der Waals surface area contributed by atoms with E-state index in [9.17, 15) is 13.6 Å². The summed E-state index contributed by atoms with van der Waals surface area (Å²) in [5, 5.41) is 0. The Balaban J connectivity index is 1.76. The molecule has 4 nitrogen and oxygen atoms in total. The fourth-order valence-corrected chi connectivity index (χ4v) is 5.27. The Bertz CT molecular complexity index is 635. The van der Waals surface area contributed by atoms with Crippen LogP contribution in [-0.4, -0.2) is 62.0 Å². The maximum Gasteiger partial charge on any atom is 0.243 e. The zero-order valence-corrected chi connectivity index (χ0v) is 15.9. The normalized spacial score (nSPS) is 26.9. The van der Waals surface area contributed by atoms with E-state index in [1.165, 1.54) is 16.9 Å². The third-order valence-electron chi connectivity index (χ3n) is 5.27. The van der Waals surface area contributed by atoms with Crippen LogP contribution in [0.25, 0.3) is 0 Å². The number of likely N-dealkylation sites (N-methyl/N-ethyl adjacent to an activating group) is 1. The molecular weight excluding hydrogens is 346 g/mol. The Kier molecular flexibility index (Phi) is 5.46. The molecule has 1 aromatic heterocycles. The summed E-state index contributed by atoms with van der Waals surface area (Å²) in [5.41, 5.74) is 0.812. The smallest absolute Gasteiger partial charge is 0.243 e. The maximum absolute atomic E-state index is 12.8. The number of amides is 1. The lowest BCUT2D eigenvalue weighted by atomic mass is 9.82. The van der Waals surface area contributed by atoms with Gasteiger partial charge in [0.05, 0.1) is 13.2 Å². The van der Waals surface area contributed by atoms with Crippen molar-refractivity contribution < 1.29 is 18.3 Å². The Morgan fingerprint density at radius 2 is 2.28 bits per heavy atom. The minimum atomic E-state index is -2.31. The Labute approximate surface area is 151 Å². The lowest BCUT2D eigenvalue weighted by Crippen LogP contribution is -2.52. The van der Waals surface area contributed by atoms with Gasteiger partial charge in [0.2, 0.25) is 12.3 Å². The molecule has 1 aromatic rings. The number of likely N-dealkylation sites (tertiary alicyclic amines) is 1. The zero-order chi connectivity index (χ0) is 18.2. The van der Waals surface area contributed by atoms with Crippen molar-refractivity contribution in [3.05, 3.63) is 21.4 Å². The molecule has 140 valence electrons. The van der Waals surface area contributed by atoms with Crippen LogP contribution in [0.4, 0.5) is 8.78 Å².